The SMILES string of the molecule is Cn1c(=O)n(C)c2cc(NC(=O)C3CCCN(Cc4nc(-c5ccc(C(C)(C)C)cc5)no4)C3)ccc21. The third-order valence-corrected chi connectivity index (χ3v) is 7.25. The van der Waals surface area contributed by atoms with Crippen molar-refractivity contribution in [3.63, 3.8) is 0 Å². The van der Waals surface area contributed by atoms with Gasteiger partial charge in [-0.2, -0.15) is 4.98 Å². The van der Waals surface area contributed by atoms with Crippen molar-refractivity contribution in [1.29, 1.82) is 0 Å². The van der Waals surface area contributed by atoms with Crippen LogP contribution in [0.3, 0.4) is 0 Å². The van der Waals surface area contributed by atoms with E-state index in [1.807, 2.05) is 30.3 Å². The molecule has 0 aliphatic carbocycles. The highest BCUT2D eigenvalue weighted by molar-refractivity contribution is 5.94. The lowest BCUT2D eigenvalue weighted by molar-refractivity contribution is -0.121. The maximum absolute atomic E-state index is 13.1. The van der Waals surface area contributed by atoms with E-state index < -0.39 is 0 Å². The number of piperidine rings is 1. The second kappa shape index (κ2) is 9.63. The molecule has 9 heteroatoms. The van der Waals surface area contributed by atoms with Gasteiger partial charge in [0.05, 0.1) is 23.5 Å². The normalized spacial score (nSPS) is 16.8. The number of rotatable bonds is 5. The minimum Gasteiger partial charge on any atom is -0.338 e. The fourth-order valence-corrected chi connectivity index (χ4v) is 4.99. The van der Waals surface area contributed by atoms with Gasteiger partial charge in [0.15, 0.2) is 0 Å². The van der Waals surface area contributed by atoms with Gasteiger partial charge < -0.3 is 9.84 Å². The summed E-state index contributed by atoms with van der Waals surface area (Å²) in [6, 6.07) is 13.8. The molecule has 2 aromatic heterocycles. The first-order valence-corrected chi connectivity index (χ1v) is 12.7. The molecule has 0 radical (unpaired) electrons. The van der Waals surface area contributed by atoms with Crippen molar-refractivity contribution in [2.45, 2.75) is 45.6 Å². The number of imidazole rings is 1. The zero-order valence-electron chi connectivity index (χ0n) is 22.1. The largest absolute Gasteiger partial charge is 0.338 e. The number of fused-ring (bicyclic) bond motifs is 1. The lowest BCUT2D eigenvalue weighted by Gasteiger charge is -2.30. The zero-order valence-corrected chi connectivity index (χ0v) is 22.1. The Morgan fingerprint density at radius 1 is 1.08 bits per heavy atom. The van der Waals surface area contributed by atoms with E-state index in [1.54, 1.807) is 23.2 Å². The number of aromatic nitrogens is 4. The van der Waals surface area contributed by atoms with Crippen LogP contribution in [0.15, 0.2) is 51.8 Å². The molecule has 1 fully saturated rings. The van der Waals surface area contributed by atoms with Crippen molar-refractivity contribution < 1.29 is 9.32 Å². The van der Waals surface area contributed by atoms with Gasteiger partial charge >= 0.3 is 5.69 Å². The Hall–Kier alpha value is -3.72. The maximum Gasteiger partial charge on any atom is 0.328 e. The highest BCUT2D eigenvalue weighted by atomic mass is 16.5. The lowest BCUT2D eigenvalue weighted by atomic mass is 9.87. The van der Waals surface area contributed by atoms with Gasteiger partial charge in [0.2, 0.25) is 17.6 Å². The van der Waals surface area contributed by atoms with Crippen LogP contribution >= 0.6 is 0 Å². The molecule has 1 saturated heterocycles. The van der Waals surface area contributed by atoms with E-state index in [1.165, 1.54) is 5.56 Å². The molecule has 3 heterocycles. The predicted molar refractivity (Wildman–Crippen MR) is 143 cm³/mol. The number of hydrogen-bond donors (Lipinski definition) is 1. The molecule has 4 aromatic rings. The van der Waals surface area contributed by atoms with Gasteiger partial charge in [0.25, 0.3) is 0 Å². The van der Waals surface area contributed by atoms with Crippen LogP contribution in [0, 0.1) is 5.92 Å². The minimum atomic E-state index is -0.142. The first-order valence-electron chi connectivity index (χ1n) is 12.7. The van der Waals surface area contributed by atoms with Crippen molar-refractivity contribution in [1.82, 2.24) is 24.2 Å². The van der Waals surface area contributed by atoms with E-state index in [-0.39, 0.29) is 22.9 Å². The Kier molecular flexibility index (Phi) is 6.49. The number of amides is 1. The Morgan fingerprint density at radius 3 is 2.54 bits per heavy atom. The van der Waals surface area contributed by atoms with Gasteiger partial charge in [-0.3, -0.25) is 18.8 Å². The van der Waals surface area contributed by atoms with Gasteiger partial charge in [0.1, 0.15) is 0 Å². The van der Waals surface area contributed by atoms with Crippen LogP contribution in [-0.4, -0.2) is 43.2 Å². The molecule has 0 saturated carbocycles. The third kappa shape index (κ3) is 5.09. The molecule has 1 N–H and O–H groups in total. The average Bonchev–Trinajstić information content (AvgIpc) is 3.43. The number of benzene rings is 2. The van der Waals surface area contributed by atoms with Crippen molar-refractivity contribution in [3.8, 4) is 11.4 Å². The Balaban J connectivity index is 1.22. The van der Waals surface area contributed by atoms with E-state index >= 15 is 0 Å². The van der Waals surface area contributed by atoms with Crippen LogP contribution in [0.4, 0.5) is 5.69 Å². The Bertz CT molecular complexity index is 1490. The molecular formula is C28H34N6O3. The van der Waals surface area contributed by atoms with E-state index in [9.17, 15) is 9.59 Å². The maximum atomic E-state index is 13.1. The molecule has 1 aliphatic rings. The molecular weight excluding hydrogens is 468 g/mol. The fraction of sp³-hybridized carbons (Fsp3) is 0.429. The Morgan fingerprint density at radius 2 is 1.81 bits per heavy atom. The summed E-state index contributed by atoms with van der Waals surface area (Å²) in [5, 5.41) is 7.22. The second-order valence-electron chi connectivity index (χ2n) is 11.0. The number of anilines is 1. The predicted octanol–water partition coefficient (Wildman–Crippen LogP) is 4.08. The van der Waals surface area contributed by atoms with E-state index in [2.05, 4.69) is 53.3 Å². The highest BCUT2D eigenvalue weighted by Gasteiger charge is 2.27. The van der Waals surface area contributed by atoms with E-state index in [0.29, 0.717) is 30.5 Å². The van der Waals surface area contributed by atoms with Crippen molar-refractivity contribution in [2.75, 3.05) is 18.4 Å². The van der Waals surface area contributed by atoms with Crippen LogP contribution in [0.1, 0.15) is 45.1 Å². The van der Waals surface area contributed by atoms with Crippen molar-refractivity contribution in [3.05, 3.63) is 64.4 Å². The number of likely N-dealkylation sites (tertiary alicyclic amines) is 1. The average molecular weight is 503 g/mol. The van der Waals surface area contributed by atoms with Gasteiger partial charge in [-0.15, -0.1) is 0 Å². The summed E-state index contributed by atoms with van der Waals surface area (Å²) in [6.07, 6.45) is 1.74. The van der Waals surface area contributed by atoms with Crippen LogP contribution in [0.5, 0.6) is 0 Å². The first kappa shape index (κ1) is 25.0. The number of hydrogen-bond acceptors (Lipinski definition) is 6. The van der Waals surface area contributed by atoms with Gasteiger partial charge in [0, 0.05) is 31.9 Å². The fourth-order valence-electron chi connectivity index (χ4n) is 4.99. The smallest absolute Gasteiger partial charge is 0.328 e. The molecule has 9 nitrogen and oxygen atoms in total. The minimum absolute atomic E-state index is 0.0184. The van der Waals surface area contributed by atoms with Crippen LogP contribution in [-0.2, 0) is 30.8 Å². The summed E-state index contributed by atoms with van der Waals surface area (Å²) in [6.45, 7) is 8.56. The molecule has 37 heavy (non-hydrogen) atoms. The van der Waals surface area contributed by atoms with Gasteiger partial charge in [-0.05, 0) is 48.6 Å². The quantitative estimate of drug-likeness (QED) is 0.442. The summed E-state index contributed by atoms with van der Waals surface area (Å²) in [4.78, 5) is 32.1. The van der Waals surface area contributed by atoms with Crippen LogP contribution < -0.4 is 11.0 Å². The number of aryl methyl sites for hydroxylation is 2. The molecule has 0 bridgehead atoms. The van der Waals surface area contributed by atoms with Crippen molar-refractivity contribution >= 4 is 22.6 Å². The molecule has 1 aliphatic heterocycles. The number of nitrogens with one attached hydrogen (secondary N) is 1. The topological polar surface area (TPSA) is 98.2 Å². The molecule has 2 aromatic carbocycles. The van der Waals surface area contributed by atoms with E-state index in [0.717, 1.165) is 36.0 Å². The molecule has 1 atom stereocenters. The molecule has 1 unspecified atom stereocenters. The van der Waals surface area contributed by atoms with E-state index in [4.69, 9.17) is 4.52 Å². The second-order valence-corrected chi connectivity index (χ2v) is 11.0. The lowest BCUT2D eigenvalue weighted by Crippen LogP contribution is -2.40. The van der Waals surface area contributed by atoms with Crippen LogP contribution in [0.2, 0.25) is 0 Å². The first-order chi connectivity index (χ1) is 17.6. The third-order valence-electron chi connectivity index (χ3n) is 7.25. The zero-order chi connectivity index (χ0) is 26.3. The molecule has 5 rings (SSSR count). The van der Waals surface area contributed by atoms with Crippen LogP contribution in [0.25, 0.3) is 22.4 Å². The van der Waals surface area contributed by atoms with Crippen molar-refractivity contribution in [2.24, 2.45) is 20.0 Å². The molecule has 194 valence electrons. The summed E-state index contributed by atoms with van der Waals surface area (Å²) >= 11 is 0. The summed E-state index contributed by atoms with van der Waals surface area (Å²) < 4.78 is 8.73. The van der Waals surface area contributed by atoms with Gasteiger partial charge in [-0.25, -0.2) is 4.79 Å². The van der Waals surface area contributed by atoms with Gasteiger partial charge in [-0.1, -0.05) is 50.2 Å². The molecule has 0 spiro atoms. The summed E-state index contributed by atoms with van der Waals surface area (Å²) in [5.74, 6) is 0.963. The number of nitrogens with zero attached hydrogens (tertiary/aromatic N) is 5. The summed E-state index contributed by atoms with van der Waals surface area (Å²) in [5.41, 5.74) is 4.48. The summed E-state index contributed by atoms with van der Waals surface area (Å²) in [7, 11) is 3.48. The number of carbonyl (C=O) groups is 1. The standard InChI is InChI=1S/C28H34N6O3/c1-28(2,3)20-10-8-18(9-11-20)25-30-24(37-31-25)17-34-14-6-7-19(16-34)26(35)29-21-12-13-22-23(15-21)33(5)27(36)32(22)4/h8-13,15,19H,6-7,14,16-17H2,1-5H3,(H,29,35). The number of carbonyl (C=O) groups excluding carboxylic acids is 1. The Labute approximate surface area is 216 Å². The molecule has 1 amide bonds. The highest BCUT2D eigenvalue weighted by Crippen LogP contribution is 2.26. The monoisotopic (exact) mass is 502 g/mol.